The summed E-state index contributed by atoms with van der Waals surface area (Å²) in [7, 11) is -3.38. The Bertz CT molecular complexity index is 574. The summed E-state index contributed by atoms with van der Waals surface area (Å²) in [6.45, 7) is 7.84. The van der Waals surface area contributed by atoms with Gasteiger partial charge in [0.25, 0.3) is 0 Å². The summed E-state index contributed by atoms with van der Waals surface area (Å²) in [5.74, 6) is 0.822. The second-order valence-electron chi connectivity index (χ2n) is 5.76. The predicted octanol–water partition coefficient (Wildman–Crippen LogP) is 1.98. The SMILES string of the molecule is CCc1ccc(S(=O)(=O)N2CC(C)C(C)C2)cc1CN. The van der Waals surface area contributed by atoms with Gasteiger partial charge in [0.05, 0.1) is 4.90 Å². The van der Waals surface area contributed by atoms with Crippen molar-refractivity contribution in [3.8, 4) is 0 Å². The highest BCUT2D eigenvalue weighted by atomic mass is 32.2. The average Bonchev–Trinajstić information content (AvgIpc) is 2.78. The van der Waals surface area contributed by atoms with Crippen molar-refractivity contribution in [1.29, 1.82) is 0 Å². The van der Waals surface area contributed by atoms with Gasteiger partial charge in [-0.05, 0) is 41.5 Å². The minimum atomic E-state index is -3.38. The Balaban J connectivity index is 2.35. The number of aryl methyl sites for hydroxylation is 1. The molecule has 0 spiro atoms. The van der Waals surface area contributed by atoms with Gasteiger partial charge in [0, 0.05) is 19.6 Å². The summed E-state index contributed by atoms with van der Waals surface area (Å²) in [6, 6.07) is 5.33. The third kappa shape index (κ3) is 2.75. The van der Waals surface area contributed by atoms with Crippen molar-refractivity contribution in [2.75, 3.05) is 13.1 Å². The standard InChI is InChI=1S/C15H24N2O2S/c1-4-13-5-6-15(7-14(13)8-16)20(18,19)17-9-11(2)12(3)10-17/h5-7,11-12H,4,8-10,16H2,1-3H3. The molecule has 1 aliphatic rings. The van der Waals surface area contributed by atoms with E-state index >= 15 is 0 Å². The van der Waals surface area contributed by atoms with Crippen LogP contribution in [0.25, 0.3) is 0 Å². The maximum Gasteiger partial charge on any atom is 0.243 e. The average molecular weight is 296 g/mol. The third-order valence-electron chi connectivity index (χ3n) is 4.37. The normalized spacial score (nSPS) is 24.2. The Hall–Kier alpha value is -0.910. The molecule has 4 nitrogen and oxygen atoms in total. The van der Waals surface area contributed by atoms with Crippen LogP contribution in [-0.4, -0.2) is 25.8 Å². The number of rotatable bonds is 4. The van der Waals surface area contributed by atoms with Crippen molar-refractivity contribution in [3.05, 3.63) is 29.3 Å². The Kier molecular flexibility index (Phi) is 4.52. The fraction of sp³-hybridized carbons (Fsp3) is 0.600. The topological polar surface area (TPSA) is 63.4 Å². The van der Waals surface area contributed by atoms with Crippen LogP contribution in [0, 0.1) is 11.8 Å². The van der Waals surface area contributed by atoms with E-state index < -0.39 is 10.0 Å². The summed E-state index contributed by atoms with van der Waals surface area (Å²) < 4.78 is 27.0. The fourth-order valence-electron chi connectivity index (χ4n) is 2.72. The highest BCUT2D eigenvalue weighted by Gasteiger charge is 2.35. The number of nitrogens with zero attached hydrogens (tertiary/aromatic N) is 1. The van der Waals surface area contributed by atoms with Crippen molar-refractivity contribution in [3.63, 3.8) is 0 Å². The second kappa shape index (κ2) is 5.84. The molecule has 0 amide bonds. The van der Waals surface area contributed by atoms with E-state index in [9.17, 15) is 8.42 Å². The summed E-state index contributed by atoms with van der Waals surface area (Å²) in [5, 5.41) is 0. The summed E-state index contributed by atoms with van der Waals surface area (Å²) in [5.41, 5.74) is 7.77. The van der Waals surface area contributed by atoms with E-state index in [0.29, 0.717) is 36.4 Å². The van der Waals surface area contributed by atoms with Crippen LogP contribution in [0.2, 0.25) is 0 Å². The molecule has 2 N–H and O–H groups in total. The third-order valence-corrected chi connectivity index (χ3v) is 6.20. The lowest BCUT2D eigenvalue weighted by molar-refractivity contribution is 0.463. The Morgan fingerprint density at radius 2 is 1.80 bits per heavy atom. The van der Waals surface area contributed by atoms with E-state index in [2.05, 4.69) is 13.8 Å². The molecular weight excluding hydrogens is 272 g/mol. The van der Waals surface area contributed by atoms with Gasteiger partial charge in [0.2, 0.25) is 10.0 Å². The lowest BCUT2D eigenvalue weighted by Crippen LogP contribution is -2.29. The highest BCUT2D eigenvalue weighted by molar-refractivity contribution is 7.89. The molecule has 1 saturated heterocycles. The van der Waals surface area contributed by atoms with Crippen LogP contribution in [0.4, 0.5) is 0 Å². The first-order chi connectivity index (χ1) is 9.40. The van der Waals surface area contributed by atoms with E-state index in [1.807, 2.05) is 13.0 Å². The van der Waals surface area contributed by atoms with Crippen LogP contribution in [0.1, 0.15) is 31.9 Å². The molecule has 20 heavy (non-hydrogen) atoms. The van der Waals surface area contributed by atoms with E-state index in [-0.39, 0.29) is 0 Å². The molecule has 1 heterocycles. The van der Waals surface area contributed by atoms with Gasteiger partial charge in [-0.25, -0.2) is 8.42 Å². The number of hydrogen-bond acceptors (Lipinski definition) is 3. The molecule has 0 aliphatic carbocycles. The molecule has 112 valence electrons. The zero-order chi connectivity index (χ0) is 14.9. The van der Waals surface area contributed by atoms with Gasteiger partial charge in [-0.3, -0.25) is 0 Å². The summed E-state index contributed by atoms with van der Waals surface area (Å²) >= 11 is 0. The largest absolute Gasteiger partial charge is 0.326 e. The molecule has 0 aromatic heterocycles. The minimum absolute atomic E-state index is 0.372. The van der Waals surface area contributed by atoms with Gasteiger partial charge >= 0.3 is 0 Å². The van der Waals surface area contributed by atoms with E-state index in [1.54, 1.807) is 16.4 Å². The van der Waals surface area contributed by atoms with E-state index in [1.165, 1.54) is 0 Å². The van der Waals surface area contributed by atoms with Gasteiger partial charge in [-0.15, -0.1) is 0 Å². The molecule has 5 heteroatoms. The number of benzene rings is 1. The lowest BCUT2D eigenvalue weighted by atomic mass is 10.0. The first-order valence-electron chi connectivity index (χ1n) is 7.22. The Morgan fingerprint density at radius 3 is 2.30 bits per heavy atom. The van der Waals surface area contributed by atoms with Gasteiger partial charge in [0.1, 0.15) is 0 Å². The molecule has 1 aliphatic heterocycles. The summed E-state index contributed by atoms with van der Waals surface area (Å²) in [6.07, 6.45) is 0.866. The van der Waals surface area contributed by atoms with Crippen molar-refractivity contribution in [2.45, 2.75) is 38.6 Å². The highest BCUT2D eigenvalue weighted by Crippen LogP contribution is 2.28. The monoisotopic (exact) mass is 296 g/mol. The Morgan fingerprint density at radius 1 is 1.20 bits per heavy atom. The van der Waals surface area contributed by atoms with Crippen LogP contribution >= 0.6 is 0 Å². The molecule has 0 saturated carbocycles. The summed E-state index contributed by atoms with van der Waals surface area (Å²) in [4.78, 5) is 0.372. The maximum absolute atomic E-state index is 12.7. The number of hydrogen-bond donors (Lipinski definition) is 1. The van der Waals surface area contributed by atoms with Crippen LogP contribution in [-0.2, 0) is 23.0 Å². The molecule has 2 rings (SSSR count). The van der Waals surface area contributed by atoms with Gasteiger partial charge < -0.3 is 5.73 Å². The van der Waals surface area contributed by atoms with Crippen molar-refractivity contribution in [1.82, 2.24) is 4.31 Å². The van der Waals surface area contributed by atoms with Crippen molar-refractivity contribution >= 4 is 10.0 Å². The van der Waals surface area contributed by atoms with Crippen molar-refractivity contribution < 1.29 is 8.42 Å². The quantitative estimate of drug-likeness (QED) is 0.924. The predicted molar refractivity (Wildman–Crippen MR) is 80.8 cm³/mol. The molecular formula is C15H24N2O2S. The fourth-order valence-corrected chi connectivity index (χ4v) is 4.41. The van der Waals surface area contributed by atoms with E-state index in [4.69, 9.17) is 5.73 Å². The number of sulfonamides is 1. The van der Waals surface area contributed by atoms with Crippen LogP contribution in [0.5, 0.6) is 0 Å². The van der Waals surface area contributed by atoms with Crippen molar-refractivity contribution in [2.24, 2.45) is 17.6 Å². The molecule has 1 aromatic carbocycles. The van der Waals surface area contributed by atoms with Crippen LogP contribution in [0.3, 0.4) is 0 Å². The minimum Gasteiger partial charge on any atom is -0.326 e. The van der Waals surface area contributed by atoms with Gasteiger partial charge in [-0.1, -0.05) is 26.8 Å². The first-order valence-corrected chi connectivity index (χ1v) is 8.66. The van der Waals surface area contributed by atoms with Gasteiger partial charge in [-0.2, -0.15) is 4.31 Å². The van der Waals surface area contributed by atoms with Gasteiger partial charge in [0.15, 0.2) is 0 Å². The maximum atomic E-state index is 12.7. The zero-order valence-electron chi connectivity index (χ0n) is 12.5. The van der Waals surface area contributed by atoms with Crippen LogP contribution in [0.15, 0.2) is 23.1 Å². The molecule has 0 bridgehead atoms. The molecule has 2 atom stereocenters. The molecule has 2 unspecified atom stereocenters. The van der Waals surface area contributed by atoms with E-state index in [0.717, 1.165) is 17.5 Å². The second-order valence-corrected chi connectivity index (χ2v) is 7.70. The zero-order valence-corrected chi connectivity index (χ0v) is 13.3. The smallest absolute Gasteiger partial charge is 0.243 e. The molecule has 1 fully saturated rings. The first kappa shape index (κ1) is 15.5. The molecule has 1 aromatic rings. The lowest BCUT2D eigenvalue weighted by Gasteiger charge is -2.17. The number of nitrogens with two attached hydrogens (primary N) is 1. The Labute approximate surface area is 122 Å². The molecule has 0 radical (unpaired) electrons. The van der Waals surface area contributed by atoms with Crippen LogP contribution < -0.4 is 5.73 Å².